The van der Waals surface area contributed by atoms with E-state index in [-0.39, 0.29) is 17.0 Å². The highest BCUT2D eigenvalue weighted by atomic mass is 79.9. The lowest BCUT2D eigenvalue weighted by Crippen LogP contribution is -1.90. The SMILES string of the molecule is Br.CCCCc1cccnn1. The molecule has 0 atom stereocenters. The van der Waals surface area contributed by atoms with Crippen molar-refractivity contribution in [3.05, 3.63) is 24.0 Å². The Morgan fingerprint density at radius 3 is 2.82 bits per heavy atom. The second-order valence-corrected chi connectivity index (χ2v) is 2.32. The molecule has 2 nitrogen and oxygen atoms in total. The molecule has 1 rings (SSSR count). The molecule has 0 fully saturated rings. The summed E-state index contributed by atoms with van der Waals surface area (Å²) in [5, 5.41) is 7.75. The predicted molar refractivity (Wildman–Crippen MR) is 51.0 cm³/mol. The molecule has 0 bridgehead atoms. The van der Waals surface area contributed by atoms with Gasteiger partial charge >= 0.3 is 0 Å². The van der Waals surface area contributed by atoms with Gasteiger partial charge in [-0.15, -0.1) is 17.0 Å². The molecule has 0 aliphatic carbocycles. The average Bonchev–Trinajstić information content (AvgIpc) is 2.03. The standard InChI is InChI=1S/C8H12N2.BrH/c1-2-3-5-8-6-4-7-9-10-8;/h4,6-7H,2-3,5H2,1H3;1H. The maximum Gasteiger partial charge on any atom is 0.0631 e. The van der Waals surface area contributed by atoms with Gasteiger partial charge in [0.25, 0.3) is 0 Å². The van der Waals surface area contributed by atoms with E-state index in [1.807, 2.05) is 12.1 Å². The topological polar surface area (TPSA) is 25.8 Å². The fraction of sp³-hybridized carbons (Fsp3) is 0.500. The summed E-state index contributed by atoms with van der Waals surface area (Å²) in [7, 11) is 0. The van der Waals surface area contributed by atoms with Gasteiger partial charge in [-0.05, 0) is 25.0 Å². The van der Waals surface area contributed by atoms with E-state index >= 15 is 0 Å². The predicted octanol–water partition coefficient (Wildman–Crippen LogP) is 2.40. The highest BCUT2D eigenvalue weighted by Gasteiger charge is 1.90. The number of hydrogen-bond acceptors (Lipinski definition) is 2. The Morgan fingerprint density at radius 2 is 2.27 bits per heavy atom. The minimum atomic E-state index is 0. The first-order chi connectivity index (χ1) is 4.93. The summed E-state index contributed by atoms with van der Waals surface area (Å²) in [5.41, 5.74) is 1.10. The Balaban J connectivity index is 0.000001000. The van der Waals surface area contributed by atoms with Gasteiger partial charge in [0.05, 0.1) is 5.69 Å². The largest absolute Gasteiger partial charge is 0.159 e. The van der Waals surface area contributed by atoms with Gasteiger partial charge in [-0.1, -0.05) is 13.3 Å². The summed E-state index contributed by atoms with van der Waals surface area (Å²) in [6.45, 7) is 2.18. The Hall–Kier alpha value is -0.440. The molecule has 0 saturated heterocycles. The number of rotatable bonds is 3. The molecule has 0 radical (unpaired) electrons. The summed E-state index contributed by atoms with van der Waals surface area (Å²) in [4.78, 5) is 0. The lowest BCUT2D eigenvalue weighted by atomic mass is 10.2. The van der Waals surface area contributed by atoms with Crippen LogP contribution in [0.2, 0.25) is 0 Å². The van der Waals surface area contributed by atoms with Crippen LogP contribution in [0.25, 0.3) is 0 Å². The number of aromatic nitrogens is 2. The monoisotopic (exact) mass is 216 g/mol. The number of nitrogens with zero attached hydrogens (tertiary/aromatic N) is 2. The normalized spacial score (nSPS) is 8.82. The molecular formula is C8H13BrN2. The van der Waals surface area contributed by atoms with Gasteiger partial charge in [0.2, 0.25) is 0 Å². The van der Waals surface area contributed by atoms with E-state index in [0.717, 1.165) is 12.1 Å². The highest BCUT2D eigenvalue weighted by molar-refractivity contribution is 8.93. The minimum absolute atomic E-state index is 0. The number of halogens is 1. The zero-order valence-electron chi connectivity index (χ0n) is 6.66. The van der Waals surface area contributed by atoms with E-state index in [1.54, 1.807) is 6.20 Å². The van der Waals surface area contributed by atoms with Crippen molar-refractivity contribution in [2.45, 2.75) is 26.2 Å². The molecule has 1 aromatic rings. The third-order valence-corrected chi connectivity index (χ3v) is 1.41. The molecule has 62 valence electrons. The molecule has 0 aliphatic rings. The van der Waals surface area contributed by atoms with Crippen molar-refractivity contribution in [1.29, 1.82) is 0 Å². The molecular weight excluding hydrogens is 204 g/mol. The Kier molecular flexibility index (Phi) is 6.03. The fourth-order valence-electron chi connectivity index (χ4n) is 0.825. The van der Waals surface area contributed by atoms with Crippen molar-refractivity contribution >= 4 is 17.0 Å². The van der Waals surface area contributed by atoms with Gasteiger partial charge in [0.15, 0.2) is 0 Å². The molecule has 0 N–H and O–H groups in total. The van der Waals surface area contributed by atoms with Crippen LogP contribution in [0.15, 0.2) is 18.3 Å². The average molecular weight is 217 g/mol. The number of unbranched alkanes of at least 4 members (excludes halogenated alkanes) is 1. The van der Waals surface area contributed by atoms with Gasteiger partial charge in [-0.25, -0.2) is 0 Å². The van der Waals surface area contributed by atoms with Crippen LogP contribution in [0.3, 0.4) is 0 Å². The number of aryl methyl sites for hydroxylation is 1. The quantitative estimate of drug-likeness (QED) is 0.776. The van der Waals surface area contributed by atoms with Crippen LogP contribution >= 0.6 is 17.0 Å². The molecule has 0 unspecified atom stereocenters. The Bertz CT molecular complexity index is 177. The third-order valence-electron chi connectivity index (χ3n) is 1.41. The summed E-state index contributed by atoms with van der Waals surface area (Å²) < 4.78 is 0. The summed E-state index contributed by atoms with van der Waals surface area (Å²) in [6, 6.07) is 3.95. The van der Waals surface area contributed by atoms with Crippen molar-refractivity contribution in [2.75, 3.05) is 0 Å². The van der Waals surface area contributed by atoms with Crippen LogP contribution in [0.4, 0.5) is 0 Å². The summed E-state index contributed by atoms with van der Waals surface area (Å²) in [6.07, 6.45) is 5.19. The third kappa shape index (κ3) is 4.09. The lowest BCUT2D eigenvalue weighted by molar-refractivity contribution is 0.759. The summed E-state index contributed by atoms with van der Waals surface area (Å²) in [5.74, 6) is 0. The first-order valence-corrected chi connectivity index (χ1v) is 3.70. The zero-order chi connectivity index (χ0) is 7.23. The molecule has 3 heteroatoms. The van der Waals surface area contributed by atoms with Crippen LogP contribution in [0, 0.1) is 0 Å². The van der Waals surface area contributed by atoms with Gasteiger partial charge in [0, 0.05) is 6.20 Å². The van der Waals surface area contributed by atoms with E-state index in [0.29, 0.717) is 0 Å². The smallest absolute Gasteiger partial charge is 0.0631 e. The van der Waals surface area contributed by atoms with E-state index in [4.69, 9.17) is 0 Å². The van der Waals surface area contributed by atoms with Crippen LogP contribution in [-0.2, 0) is 6.42 Å². The zero-order valence-corrected chi connectivity index (χ0v) is 8.37. The van der Waals surface area contributed by atoms with Crippen molar-refractivity contribution in [2.24, 2.45) is 0 Å². The van der Waals surface area contributed by atoms with Crippen LogP contribution < -0.4 is 0 Å². The van der Waals surface area contributed by atoms with Crippen molar-refractivity contribution in [3.8, 4) is 0 Å². The van der Waals surface area contributed by atoms with Crippen molar-refractivity contribution in [1.82, 2.24) is 10.2 Å². The van der Waals surface area contributed by atoms with Crippen LogP contribution in [0.5, 0.6) is 0 Å². The molecule has 1 aromatic heterocycles. The first kappa shape index (κ1) is 10.6. The maximum absolute atomic E-state index is 3.97. The second kappa shape index (κ2) is 6.28. The van der Waals surface area contributed by atoms with Crippen LogP contribution in [0.1, 0.15) is 25.5 Å². The highest BCUT2D eigenvalue weighted by Crippen LogP contribution is 1.98. The van der Waals surface area contributed by atoms with E-state index < -0.39 is 0 Å². The molecule has 0 amide bonds. The molecule has 11 heavy (non-hydrogen) atoms. The number of hydrogen-bond donors (Lipinski definition) is 0. The van der Waals surface area contributed by atoms with Crippen LogP contribution in [-0.4, -0.2) is 10.2 Å². The minimum Gasteiger partial charge on any atom is -0.159 e. The molecule has 0 saturated carbocycles. The fourth-order valence-corrected chi connectivity index (χ4v) is 0.825. The van der Waals surface area contributed by atoms with E-state index in [9.17, 15) is 0 Å². The molecule has 0 aliphatic heterocycles. The van der Waals surface area contributed by atoms with Gasteiger partial charge in [-0.3, -0.25) is 0 Å². The molecule has 1 heterocycles. The second-order valence-electron chi connectivity index (χ2n) is 2.32. The van der Waals surface area contributed by atoms with E-state index in [2.05, 4.69) is 17.1 Å². The lowest BCUT2D eigenvalue weighted by Gasteiger charge is -1.94. The van der Waals surface area contributed by atoms with Gasteiger partial charge < -0.3 is 0 Å². The Morgan fingerprint density at radius 1 is 1.45 bits per heavy atom. The van der Waals surface area contributed by atoms with Gasteiger partial charge in [-0.2, -0.15) is 10.2 Å². The maximum atomic E-state index is 3.97. The van der Waals surface area contributed by atoms with Crippen molar-refractivity contribution in [3.63, 3.8) is 0 Å². The van der Waals surface area contributed by atoms with Crippen molar-refractivity contribution < 1.29 is 0 Å². The first-order valence-electron chi connectivity index (χ1n) is 3.70. The molecule has 0 spiro atoms. The van der Waals surface area contributed by atoms with E-state index in [1.165, 1.54) is 12.8 Å². The summed E-state index contributed by atoms with van der Waals surface area (Å²) >= 11 is 0. The molecule has 0 aromatic carbocycles. The van der Waals surface area contributed by atoms with Gasteiger partial charge in [0.1, 0.15) is 0 Å². The Labute approximate surface area is 77.8 Å².